The molecule has 0 atom stereocenters. The summed E-state index contributed by atoms with van der Waals surface area (Å²) in [6.45, 7) is 3.99. The summed E-state index contributed by atoms with van der Waals surface area (Å²) < 4.78 is 2.92. The van der Waals surface area contributed by atoms with Crippen molar-refractivity contribution in [1.29, 1.82) is 0 Å². The van der Waals surface area contributed by atoms with Crippen molar-refractivity contribution in [2.24, 2.45) is 0 Å². The Balaban J connectivity index is 2.73. The maximum atomic E-state index is 11.7. The average Bonchev–Trinajstić information content (AvgIpc) is 2.57. The lowest BCUT2D eigenvalue weighted by atomic mass is 10.4. The molecule has 0 radical (unpaired) electrons. The van der Waals surface area contributed by atoms with Gasteiger partial charge < -0.3 is 5.32 Å². The molecule has 0 spiro atoms. The van der Waals surface area contributed by atoms with Crippen LogP contribution in [0.4, 0.5) is 0 Å². The van der Waals surface area contributed by atoms with Gasteiger partial charge in [-0.25, -0.2) is 4.79 Å². The largest absolute Gasteiger partial charge is 0.344 e. The van der Waals surface area contributed by atoms with Gasteiger partial charge in [-0.05, 0) is 13.8 Å². The lowest BCUT2D eigenvalue weighted by Gasteiger charge is -2.04. The summed E-state index contributed by atoms with van der Waals surface area (Å²) in [5.41, 5.74) is -0.189. The van der Waals surface area contributed by atoms with Crippen molar-refractivity contribution < 1.29 is 4.79 Å². The van der Waals surface area contributed by atoms with E-state index in [9.17, 15) is 9.59 Å². The molecule has 1 amide bonds. The Morgan fingerprint density at radius 2 is 2.25 bits per heavy atom. The minimum atomic E-state index is -0.262. The zero-order chi connectivity index (χ0) is 12.1. The number of carbonyl (C=O) groups is 1. The number of rotatable bonds is 4. The molecular formula is C11H15N3O2. The Hall–Kier alpha value is -1.96. The van der Waals surface area contributed by atoms with E-state index < -0.39 is 0 Å². The molecule has 0 bridgehead atoms. The van der Waals surface area contributed by atoms with Crippen LogP contribution in [0.25, 0.3) is 0 Å². The fraction of sp³-hybridized carbons (Fsp3) is 0.455. The number of aromatic nitrogens is 2. The smallest absolute Gasteiger partial charge is 0.328 e. The Labute approximate surface area is 94.1 Å². The number of hydrogen-bond acceptors (Lipinski definition) is 2. The predicted octanol–water partition coefficient (Wildman–Crippen LogP) is -0.0199. The first-order chi connectivity index (χ1) is 7.56. The molecule has 1 rings (SSSR count). The molecule has 0 aromatic carbocycles. The molecule has 0 unspecified atom stereocenters. The summed E-state index contributed by atoms with van der Waals surface area (Å²) in [6, 6.07) is 0.0857. The van der Waals surface area contributed by atoms with Crippen LogP contribution in [0.1, 0.15) is 19.9 Å². The highest BCUT2D eigenvalue weighted by molar-refractivity contribution is 5.75. The summed E-state index contributed by atoms with van der Waals surface area (Å²) >= 11 is 0. The molecule has 1 aromatic heterocycles. The molecular weight excluding hydrogens is 206 g/mol. The van der Waals surface area contributed by atoms with E-state index in [1.54, 1.807) is 17.0 Å². The second-order valence-electron chi connectivity index (χ2n) is 3.69. The van der Waals surface area contributed by atoms with Crippen LogP contribution in [0.2, 0.25) is 0 Å². The second-order valence-corrected chi connectivity index (χ2v) is 3.69. The van der Waals surface area contributed by atoms with Crippen molar-refractivity contribution in [3.05, 3.63) is 22.9 Å². The molecule has 1 N–H and O–H groups in total. The molecule has 1 aromatic rings. The molecule has 86 valence electrons. The predicted molar refractivity (Wildman–Crippen MR) is 60.9 cm³/mol. The summed E-state index contributed by atoms with van der Waals surface area (Å²) in [5, 5.41) is 2.50. The number of nitrogens with one attached hydrogen (secondary N) is 1. The van der Waals surface area contributed by atoms with Gasteiger partial charge in [0.2, 0.25) is 5.91 Å². The zero-order valence-electron chi connectivity index (χ0n) is 9.43. The van der Waals surface area contributed by atoms with Gasteiger partial charge in [-0.15, -0.1) is 6.42 Å². The highest BCUT2D eigenvalue weighted by Gasteiger charge is 2.08. The van der Waals surface area contributed by atoms with Crippen LogP contribution in [-0.2, 0) is 11.3 Å². The number of amides is 1. The number of imidazole rings is 1. The Morgan fingerprint density at radius 1 is 1.56 bits per heavy atom. The number of terminal acetylenes is 1. The summed E-state index contributed by atoms with van der Waals surface area (Å²) in [7, 11) is 0. The molecule has 0 fully saturated rings. The van der Waals surface area contributed by atoms with Crippen molar-refractivity contribution in [2.75, 3.05) is 6.54 Å². The molecule has 1 heterocycles. The van der Waals surface area contributed by atoms with Crippen molar-refractivity contribution >= 4 is 5.91 Å². The van der Waals surface area contributed by atoms with Gasteiger partial charge >= 0.3 is 5.69 Å². The van der Waals surface area contributed by atoms with E-state index in [0.29, 0.717) is 0 Å². The molecule has 5 nitrogen and oxygen atoms in total. The first-order valence-electron chi connectivity index (χ1n) is 5.03. The van der Waals surface area contributed by atoms with Crippen molar-refractivity contribution in [2.45, 2.75) is 26.4 Å². The summed E-state index contributed by atoms with van der Waals surface area (Å²) in [6.07, 6.45) is 8.27. The summed E-state index contributed by atoms with van der Waals surface area (Å²) in [4.78, 5) is 23.1. The van der Waals surface area contributed by atoms with Gasteiger partial charge in [0.1, 0.15) is 6.54 Å². The van der Waals surface area contributed by atoms with Crippen molar-refractivity contribution in [3.8, 4) is 12.3 Å². The van der Waals surface area contributed by atoms with Crippen molar-refractivity contribution in [1.82, 2.24) is 14.5 Å². The van der Waals surface area contributed by atoms with Crippen LogP contribution in [0.3, 0.4) is 0 Å². The van der Waals surface area contributed by atoms with E-state index in [4.69, 9.17) is 6.42 Å². The third kappa shape index (κ3) is 2.76. The fourth-order valence-electron chi connectivity index (χ4n) is 1.30. The summed E-state index contributed by atoms with van der Waals surface area (Å²) in [5.74, 6) is 2.04. The molecule has 0 aliphatic carbocycles. The van der Waals surface area contributed by atoms with Gasteiger partial charge in [0.15, 0.2) is 0 Å². The second kappa shape index (κ2) is 5.21. The molecule has 5 heteroatoms. The van der Waals surface area contributed by atoms with Gasteiger partial charge in [-0.3, -0.25) is 13.9 Å². The standard InChI is InChI=1S/C11H15N3O2/c1-4-5-12-10(15)8-13-6-7-14(9(2)3)11(13)16/h1,6-7,9H,5,8H2,2-3H3,(H,12,15). The van der Waals surface area contributed by atoms with Gasteiger partial charge in [-0.1, -0.05) is 5.92 Å². The van der Waals surface area contributed by atoms with Crippen LogP contribution in [0.5, 0.6) is 0 Å². The molecule has 0 saturated heterocycles. The average molecular weight is 221 g/mol. The highest BCUT2D eigenvalue weighted by atomic mass is 16.2. The number of hydrogen-bond donors (Lipinski definition) is 1. The third-order valence-corrected chi connectivity index (χ3v) is 2.13. The first kappa shape index (κ1) is 12.1. The van der Waals surface area contributed by atoms with Gasteiger partial charge in [0, 0.05) is 18.4 Å². The van der Waals surface area contributed by atoms with Gasteiger partial charge in [-0.2, -0.15) is 0 Å². The van der Waals surface area contributed by atoms with Crippen LogP contribution in [-0.4, -0.2) is 21.6 Å². The molecule has 0 saturated carbocycles. The minimum absolute atomic E-state index is 0.000231. The monoisotopic (exact) mass is 221 g/mol. The van der Waals surface area contributed by atoms with Gasteiger partial charge in [0.25, 0.3) is 0 Å². The van der Waals surface area contributed by atoms with Crippen LogP contribution >= 0.6 is 0 Å². The maximum absolute atomic E-state index is 11.7. The Kier molecular flexibility index (Phi) is 3.95. The van der Waals surface area contributed by atoms with Gasteiger partial charge in [0.05, 0.1) is 6.54 Å². The van der Waals surface area contributed by atoms with E-state index >= 15 is 0 Å². The van der Waals surface area contributed by atoms with Crippen LogP contribution in [0.15, 0.2) is 17.2 Å². The quantitative estimate of drug-likeness (QED) is 0.726. The SMILES string of the molecule is C#CCNC(=O)Cn1ccn(C(C)C)c1=O. The minimum Gasteiger partial charge on any atom is -0.344 e. The van der Waals surface area contributed by atoms with Crippen LogP contribution < -0.4 is 11.0 Å². The topological polar surface area (TPSA) is 56.0 Å². The lowest BCUT2D eigenvalue weighted by Crippen LogP contribution is -2.33. The van der Waals surface area contributed by atoms with E-state index in [0.717, 1.165) is 0 Å². The Morgan fingerprint density at radius 3 is 2.75 bits per heavy atom. The zero-order valence-corrected chi connectivity index (χ0v) is 9.43. The number of carbonyl (C=O) groups excluding carboxylic acids is 1. The van der Waals surface area contributed by atoms with Crippen molar-refractivity contribution in [3.63, 3.8) is 0 Å². The van der Waals surface area contributed by atoms with E-state index in [2.05, 4.69) is 11.2 Å². The normalized spacial score (nSPS) is 10.1. The Bertz CT molecular complexity index is 462. The molecule has 0 aliphatic heterocycles. The van der Waals surface area contributed by atoms with E-state index in [1.807, 2.05) is 13.8 Å². The molecule has 0 aliphatic rings. The first-order valence-corrected chi connectivity index (χ1v) is 5.03. The molecule has 16 heavy (non-hydrogen) atoms. The highest BCUT2D eigenvalue weighted by Crippen LogP contribution is 1.98. The number of nitrogens with zero attached hydrogens (tertiary/aromatic N) is 2. The lowest BCUT2D eigenvalue weighted by molar-refractivity contribution is -0.121. The van der Waals surface area contributed by atoms with E-state index in [-0.39, 0.29) is 30.7 Å². The van der Waals surface area contributed by atoms with E-state index in [1.165, 1.54) is 4.57 Å². The fourth-order valence-corrected chi connectivity index (χ4v) is 1.30. The maximum Gasteiger partial charge on any atom is 0.328 e. The van der Waals surface area contributed by atoms with Crippen LogP contribution in [0, 0.1) is 12.3 Å². The third-order valence-electron chi connectivity index (χ3n) is 2.13.